The Hall–Kier alpha value is -1.06. The summed E-state index contributed by atoms with van der Waals surface area (Å²) in [6, 6.07) is 7.26. The Morgan fingerprint density at radius 3 is 2.39 bits per heavy atom. The van der Waals surface area contributed by atoms with Crippen LogP contribution in [0.3, 0.4) is 0 Å². The maximum absolute atomic E-state index is 10.5. The molecule has 1 fully saturated rings. The van der Waals surface area contributed by atoms with Crippen LogP contribution in [0.2, 0.25) is 0 Å². The van der Waals surface area contributed by atoms with Crippen LogP contribution < -0.4 is 4.74 Å². The number of hydrogen-bond donors (Lipinski definition) is 0. The molecule has 1 aliphatic rings. The highest BCUT2D eigenvalue weighted by Crippen LogP contribution is 2.12. The summed E-state index contributed by atoms with van der Waals surface area (Å²) in [7, 11) is 0. The van der Waals surface area contributed by atoms with Crippen molar-refractivity contribution in [2.75, 3.05) is 26.2 Å². The minimum atomic E-state index is 0. The lowest BCUT2D eigenvalue weighted by molar-refractivity contribution is 0.112. The molecule has 2 rings (SSSR count). The van der Waals surface area contributed by atoms with Crippen molar-refractivity contribution in [3.05, 3.63) is 29.8 Å². The highest BCUT2D eigenvalue weighted by molar-refractivity contribution is 5.85. The van der Waals surface area contributed by atoms with Crippen molar-refractivity contribution in [3.8, 4) is 5.75 Å². The van der Waals surface area contributed by atoms with Gasteiger partial charge in [-0.1, -0.05) is 6.42 Å². The van der Waals surface area contributed by atoms with Gasteiger partial charge in [0, 0.05) is 12.1 Å². The number of hydrogen-bond acceptors (Lipinski definition) is 3. The molecule has 100 valence electrons. The van der Waals surface area contributed by atoms with Crippen molar-refractivity contribution in [2.45, 2.75) is 19.3 Å². The maximum atomic E-state index is 10.5. The van der Waals surface area contributed by atoms with Crippen LogP contribution in [-0.2, 0) is 0 Å². The fourth-order valence-electron chi connectivity index (χ4n) is 2.12. The van der Waals surface area contributed by atoms with Crippen LogP contribution in [0, 0.1) is 0 Å². The SMILES string of the molecule is Cl.O=Cc1ccc(OCCN2CCCCC2)cc1. The number of rotatable bonds is 5. The third kappa shape index (κ3) is 4.67. The Morgan fingerprint density at radius 1 is 1.11 bits per heavy atom. The van der Waals surface area contributed by atoms with E-state index in [0.717, 1.165) is 25.2 Å². The summed E-state index contributed by atoms with van der Waals surface area (Å²) < 4.78 is 5.65. The van der Waals surface area contributed by atoms with Gasteiger partial charge in [0.05, 0.1) is 0 Å². The van der Waals surface area contributed by atoms with Crippen LogP contribution in [0.4, 0.5) is 0 Å². The molecule has 18 heavy (non-hydrogen) atoms. The fourth-order valence-corrected chi connectivity index (χ4v) is 2.12. The van der Waals surface area contributed by atoms with Crippen molar-refractivity contribution in [3.63, 3.8) is 0 Å². The summed E-state index contributed by atoms with van der Waals surface area (Å²) in [4.78, 5) is 12.9. The van der Waals surface area contributed by atoms with Crippen molar-refractivity contribution in [2.24, 2.45) is 0 Å². The quantitative estimate of drug-likeness (QED) is 0.770. The van der Waals surface area contributed by atoms with E-state index >= 15 is 0 Å². The summed E-state index contributed by atoms with van der Waals surface area (Å²) in [5.41, 5.74) is 0.688. The number of halogens is 1. The van der Waals surface area contributed by atoms with Crippen molar-refractivity contribution >= 4 is 18.7 Å². The van der Waals surface area contributed by atoms with Gasteiger partial charge in [0.15, 0.2) is 0 Å². The Morgan fingerprint density at radius 2 is 1.78 bits per heavy atom. The summed E-state index contributed by atoms with van der Waals surface area (Å²) in [5, 5.41) is 0. The average Bonchev–Trinajstić information content (AvgIpc) is 2.41. The third-order valence-corrected chi connectivity index (χ3v) is 3.14. The molecule has 0 amide bonds. The van der Waals surface area contributed by atoms with Gasteiger partial charge in [-0.15, -0.1) is 12.4 Å². The number of carbonyl (C=O) groups is 1. The third-order valence-electron chi connectivity index (χ3n) is 3.14. The molecule has 0 atom stereocenters. The van der Waals surface area contributed by atoms with E-state index in [1.54, 1.807) is 12.1 Å². The first-order valence-electron chi connectivity index (χ1n) is 6.29. The second-order valence-corrected chi connectivity index (χ2v) is 4.44. The lowest BCUT2D eigenvalue weighted by Crippen LogP contribution is -2.33. The minimum absolute atomic E-state index is 0. The molecule has 4 heteroatoms. The molecule has 0 saturated carbocycles. The van der Waals surface area contributed by atoms with Crippen LogP contribution in [0.5, 0.6) is 5.75 Å². The highest BCUT2D eigenvalue weighted by atomic mass is 35.5. The van der Waals surface area contributed by atoms with E-state index in [-0.39, 0.29) is 12.4 Å². The molecule has 0 radical (unpaired) electrons. The van der Waals surface area contributed by atoms with Crippen LogP contribution in [-0.4, -0.2) is 37.4 Å². The van der Waals surface area contributed by atoms with Gasteiger partial charge in [-0.05, 0) is 50.2 Å². The topological polar surface area (TPSA) is 29.5 Å². The van der Waals surface area contributed by atoms with E-state index in [2.05, 4.69) is 4.90 Å². The largest absolute Gasteiger partial charge is 0.492 e. The van der Waals surface area contributed by atoms with Crippen LogP contribution in [0.15, 0.2) is 24.3 Å². The summed E-state index contributed by atoms with van der Waals surface area (Å²) in [5.74, 6) is 0.840. The van der Waals surface area contributed by atoms with Gasteiger partial charge in [0.25, 0.3) is 0 Å². The normalized spacial score (nSPS) is 15.8. The van der Waals surface area contributed by atoms with Crippen molar-refractivity contribution < 1.29 is 9.53 Å². The molecule has 0 N–H and O–H groups in total. The van der Waals surface area contributed by atoms with E-state index in [0.29, 0.717) is 5.56 Å². The van der Waals surface area contributed by atoms with Gasteiger partial charge in [-0.3, -0.25) is 9.69 Å². The van der Waals surface area contributed by atoms with Gasteiger partial charge in [0.1, 0.15) is 18.6 Å². The molecule has 0 aliphatic carbocycles. The number of aldehydes is 1. The van der Waals surface area contributed by atoms with Crippen molar-refractivity contribution in [1.82, 2.24) is 4.90 Å². The van der Waals surface area contributed by atoms with E-state index in [9.17, 15) is 4.79 Å². The van der Waals surface area contributed by atoms with Gasteiger partial charge in [-0.25, -0.2) is 0 Å². The zero-order valence-corrected chi connectivity index (χ0v) is 11.3. The predicted molar refractivity (Wildman–Crippen MR) is 74.9 cm³/mol. The Kier molecular flexibility index (Phi) is 6.76. The molecule has 0 unspecified atom stereocenters. The lowest BCUT2D eigenvalue weighted by Gasteiger charge is -2.26. The molecule has 1 aromatic carbocycles. The van der Waals surface area contributed by atoms with E-state index in [4.69, 9.17) is 4.74 Å². The summed E-state index contributed by atoms with van der Waals surface area (Å²) >= 11 is 0. The van der Waals surface area contributed by atoms with Gasteiger partial charge in [-0.2, -0.15) is 0 Å². The summed E-state index contributed by atoms with van der Waals surface area (Å²) in [6.45, 7) is 4.12. The molecule has 1 aliphatic heterocycles. The smallest absolute Gasteiger partial charge is 0.150 e. The standard InChI is InChI=1S/C14H19NO2.ClH/c16-12-13-4-6-14(7-5-13)17-11-10-15-8-2-1-3-9-15;/h4-7,12H,1-3,8-11H2;1H. The molecule has 1 heterocycles. The van der Waals surface area contributed by atoms with Crippen LogP contribution in [0.25, 0.3) is 0 Å². The predicted octanol–water partition coefficient (Wildman–Crippen LogP) is 2.79. The van der Waals surface area contributed by atoms with E-state index < -0.39 is 0 Å². The first kappa shape index (κ1) is 15.0. The van der Waals surface area contributed by atoms with E-state index in [1.807, 2.05) is 12.1 Å². The van der Waals surface area contributed by atoms with Crippen molar-refractivity contribution in [1.29, 1.82) is 0 Å². The Bertz CT molecular complexity index is 347. The Balaban J connectivity index is 0.00000162. The molecule has 3 nitrogen and oxygen atoms in total. The van der Waals surface area contributed by atoms with Crippen LogP contribution >= 0.6 is 12.4 Å². The molecule has 0 spiro atoms. The minimum Gasteiger partial charge on any atom is -0.492 e. The fraction of sp³-hybridized carbons (Fsp3) is 0.500. The zero-order chi connectivity index (χ0) is 11.9. The first-order valence-corrected chi connectivity index (χ1v) is 6.29. The van der Waals surface area contributed by atoms with Crippen LogP contribution in [0.1, 0.15) is 29.6 Å². The molecule has 0 aromatic heterocycles. The first-order chi connectivity index (χ1) is 8.38. The second-order valence-electron chi connectivity index (χ2n) is 4.44. The monoisotopic (exact) mass is 269 g/mol. The second kappa shape index (κ2) is 8.11. The lowest BCUT2D eigenvalue weighted by atomic mass is 10.1. The number of ether oxygens (including phenoxy) is 1. The number of likely N-dealkylation sites (tertiary alicyclic amines) is 1. The number of nitrogens with zero attached hydrogens (tertiary/aromatic N) is 1. The molecule has 1 saturated heterocycles. The Labute approximate surface area is 115 Å². The molecular weight excluding hydrogens is 250 g/mol. The number of benzene rings is 1. The van der Waals surface area contributed by atoms with Gasteiger partial charge < -0.3 is 4.74 Å². The number of piperidine rings is 1. The number of carbonyl (C=O) groups excluding carboxylic acids is 1. The highest BCUT2D eigenvalue weighted by Gasteiger charge is 2.09. The molecule has 1 aromatic rings. The zero-order valence-electron chi connectivity index (χ0n) is 10.5. The maximum Gasteiger partial charge on any atom is 0.150 e. The molecular formula is C14H20ClNO2. The van der Waals surface area contributed by atoms with Gasteiger partial charge in [0.2, 0.25) is 0 Å². The molecule has 0 bridgehead atoms. The summed E-state index contributed by atoms with van der Waals surface area (Å²) in [6.07, 6.45) is 4.84. The van der Waals surface area contributed by atoms with E-state index in [1.165, 1.54) is 32.4 Å². The average molecular weight is 270 g/mol. The van der Waals surface area contributed by atoms with Gasteiger partial charge >= 0.3 is 0 Å².